The number of rotatable bonds is 4. The first-order chi connectivity index (χ1) is 5.77. The molecule has 0 saturated carbocycles. The number of hydrogen-bond donors (Lipinski definition) is 0. The van der Waals surface area contributed by atoms with Crippen molar-refractivity contribution in [1.82, 2.24) is 4.98 Å². The molecule has 2 heteroatoms. The second-order valence-corrected chi connectivity index (χ2v) is 4.36. The molecule has 0 aliphatic rings. The normalized spacial score (nSPS) is 10.6. The largest absolute Gasteiger partial charge is 0.246 e. The maximum absolute atomic E-state index is 4.58. The van der Waals surface area contributed by atoms with Crippen molar-refractivity contribution in [3.05, 3.63) is 15.6 Å². The van der Waals surface area contributed by atoms with E-state index >= 15 is 0 Å². The third-order valence-electron chi connectivity index (χ3n) is 2.01. The summed E-state index contributed by atoms with van der Waals surface area (Å²) in [6.45, 7) is 6.58. The van der Waals surface area contributed by atoms with Crippen LogP contribution in [0.15, 0.2) is 0 Å². The van der Waals surface area contributed by atoms with E-state index in [1.54, 1.807) is 0 Å². The van der Waals surface area contributed by atoms with E-state index in [2.05, 4.69) is 25.8 Å². The van der Waals surface area contributed by atoms with Crippen molar-refractivity contribution >= 4 is 11.3 Å². The Kier molecular flexibility index (Phi) is 3.73. The fraction of sp³-hybridized carbons (Fsp3) is 0.700. The number of unbranched alkanes of at least 4 members (excludes halogenated alkanes) is 1. The van der Waals surface area contributed by atoms with Crippen molar-refractivity contribution in [3.63, 3.8) is 0 Å². The molecule has 0 aromatic carbocycles. The number of hydrogen-bond acceptors (Lipinski definition) is 2. The van der Waals surface area contributed by atoms with Gasteiger partial charge in [-0.15, -0.1) is 11.3 Å². The second kappa shape index (κ2) is 4.61. The topological polar surface area (TPSA) is 12.9 Å². The lowest BCUT2D eigenvalue weighted by Gasteiger charge is -1.94. The fourth-order valence-electron chi connectivity index (χ4n) is 1.22. The van der Waals surface area contributed by atoms with Crippen molar-refractivity contribution in [2.24, 2.45) is 0 Å². The summed E-state index contributed by atoms with van der Waals surface area (Å²) in [4.78, 5) is 6.00. The highest BCUT2D eigenvalue weighted by molar-refractivity contribution is 7.11. The molecule has 1 aromatic heterocycles. The van der Waals surface area contributed by atoms with Gasteiger partial charge in [0.25, 0.3) is 0 Å². The lowest BCUT2D eigenvalue weighted by Crippen LogP contribution is -1.87. The van der Waals surface area contributed by atoms with Gasteiger partial charge in [0.2, 0.25) is 0 Å². The number of thiazole rings is 1. The molecular formula is C10H17NS. The molecule has 0 aliphatic heterocycles. The molecule has 1 rings (SSSR count). The Morgan fingerprint density at radius 3 is 2.58 bits per heavy atom. The average molecular weight is 183 g/mol. The zero-order valence-corrected chi connectivity index (χ0v) is 9.00. The van der Waals surface area contributed by atoms with Crippen LogP contribution in [0, 0.1) is 6.92 Å². The van der Waals surface area contributed by atoms with Crippen LogP contribution in [0.3, 0.4) is 0 Å². The van der Waals surface area contributed by atoms with Gasteiger partial charge in [-0.05, 0) is 26.2 Å². The van der Waals surface area contributed by atoms with E-state index in [1.807, 2.05) is 11.3 Å². The third kappa shape index (κ3) is 2.31. The van der Waals surface area contributed by atoms with Crippen LogP contribution in [0.4, 0.5) is 0 Å². The standard InChI is InChI=1S/C10H17NS/c1-4-6-7-9-8(3)12-10(5-2)11-9/h4-7H2,1-3H3. The highest BCUT2D eigenvalue weighted by Crippen LogP contribution is 2.19. The van der Waals surface area contributed by atoms with Gasteiger partial charge in [0, 0.05) is 4.88 Å². The lowest BCUT2D eigenvalue weighted by atomic mass is 10.2. The summed E-state index contributed by atoms with van der Waals surface area (Å²) in [5, 5.41) is 1.29. The Morgan fingerprint density at radius 2 is 2.08 bits per heavy atom. The van der Waals surface area contributed by atoms with E-state index in [-0.39, 0.29) is 0 Å². The second-order valence-electron chi connectivity index (χ2n) is 3.07. The van der Waals surface area contributed by atoms with Crippen LogP contribution in [0.1, 0.15) is 42.3 Å². The average Bonchev–Trinajstić information content (AvgIpc) is 2.43. The minimum Gasteiger partial charge on any atom is -0.246 e. The van der Waals surface area contributed by atoms with Crippen LogP contribution in [-0.4, -0.2) is 4.98 Å². The van der Waals surface area contributed by atoms with Crippen molar-refractivity contribution in [3.8, 4) is 0 Å². The molecule has 1 heterocycles. The molecule has 1 aromatic rings. The smallest absolute Gasteiger partial charge is 0.0928 e. The first-order valence-electron chi connectivity index (χ1n) is 4.73. The van der Waals surface area contributed by atoms with Gasteiger partial charge in [0.1, 0.15) is 0 Å². The minimum absolute atomic E-state index is 1.08. The summed E-state index contributed by atoms with van der Waals surface area (Å²) >= 11 is 1.85. The van der Waals surface area contributed by atoms with Crippen LogP contribution in [0.5, 0.6) is 0 Å². The summed E-state index contributed by atoms with van der Waals surface area (Å²) in [6.07, 6.45) is 4.78. The highest BCUT2D eigenvalue weighted by Gasteiger charge is 2.04. The van der Waals surface area contributed by atoms with E-state index in [9.17, 15) is 0 Å². The molecule has 0 aliphatic carbocycles. The Morgan fingerprint density at radius 1 is 1.33 bits per heavy atom. The Labute approximate surface area is 78.8 Å². The van der Waals surface area contributed by atoms with Gasteiger partial charge >= 0.3 is 0 Å². The Balaban J connectivity index is 2.64. The number of aromatic nitrogens is 1. The summed E-state index contributed by atoms with van der Waals surface area (Å²) in [5.74, 6) is 0. The van der Waals surface area contributed by atoms with E-state index in [4.69, 9.17) is 0 Å². The molecule has 0 unspecified atom stereocenters. The lowest BCUT2D eigenvalue weighted by molar-refractivity contribution is 0.774. The van der Waals surface area contributed by atoms with Crippen LogP contribution < -0.4 is 0 Å². The first-order valence-corrected chi connectivity index (χ1v) is 5.54. The van der Waals surface area contributed by atoms with Crippen molar-refractivity contribution < 1.29 is 0 Å². The Hall–Kier alpha value is -0.370. The van der Waals surface area contributed by atoms with Gasteiger partial charge in [-0.25, -0.2) is 4.98 Å². The molecule has 0 N–H and O–H groups in total. The van der Waals surface area contributed by atoms with Gasteiger partial charge < -0.3 is 0 Å². The zero-order valence-electron chi connectivity index (χ0n) is 8.18. The SMILES string of the molecule is CCCCc1nc(CC)sc1C. The number of nitrogens with zero attached hydrogens (tertiary/aromatic N) is 1. The van der Waals surface area contributed by atoms with E-state index in [0.29, 0.717) is 0 Å². The molecule has 0 radical (unpaired) electrons. The van der Waals surface area contributed by atoms with Crippen LogP contribution in [0.25, 0.3) is 0 Å². The first kappa shape index (κ1) is 9.72. The summed E-state index contributed by atoms with van der Waals surface area (Å²) in [5.41, 5.74) is 1.33. The van der Waals surface area contributed by atoms with Gasteiger partial charge in [0.15, 0.2) is 0 Å². The Bertz CT molecular complexity index is 240. The van der Waals surface area contributed by atoms with Gasteiger partial charge in [-0.2, -0.15) is 0 Å². The van der Waals surface area contributed by atoms with Crippen molar-refractivity contribution in [2.75, 3.05) is 0 Å². The van der Waals surface area contributed by atoms with E-state index < -0.39 is 0 Å². The van der Waals surface area contributed by atoms with Crippen LogP contribution >= 0.6 is 11.3 Å². The maximum atomic E-state index is 4.58. The molecular weight excluding hydrogens is 166 g/mol. The quantitative estimate of drug-likeness (QED) is 0.697. The molecule has 12 heavy (non-hydrogen) atoms. The third-order valence-corrected chi connectivity index (χ3v) is 3.16. The summed E-state index contributed by atoms with van der Waals surface area (Å²) < 4.78 is 0. The molecule has 0 bridgehead atoms. The van der Waals surface area contributed by atoms with Crippen LogP contribution in [-0.2, 0) is 12.8 Å². The maximum Gasteiger partial charge on any atom is 0.0928 e. The highest BCUT2D eigenvalue weighted by atomic mass is 32.1. The predicted octanol–water partition coefficient (Wildman–Crippen LogP) is 3.36. The predicted molar refractivity (Wildman–Crippen MR) is 54.8 cm³/mol. The minimum atomic E-state index is 1.08. The number of aryl methyl sites for hydroxylation is 3. The van der Waals surface area contributed by atoms with E-state index in [0.717, 1.165) is 6.42 Å². The van der Waals surface area contributed by atoms with Gasteiger partial charge in [0.05, 0.1) is 10.7 Å². The van der Waals surface area contributed by atoms with Gasteiger partial charge in [-0.3, -0.25) is 0 Å². The zero-order chi connectivity index (χ0) is 8.97. The van der Waals surface area contributed by atoms with Crippen LogP contribution in [0.2, 0.25) is 0 Å². The molecule has 1 nitrogen and oxygen atoms in total. The molecule has 68 valence electrons. The summed E-state index contributed by atoms with van der Waals surface area (Å²) in [7, 11) is 0. The van der Waals surface area contributed by atoms with E-state index in [1.165, 1.54) is 34.8 Å². The molecule has 0 spiro atoms. The van der Waals surface area contributed by atoms with Gasteiger partial charge in [-0.1, -0.05) is 20.3 Å². The fourth-order valence-corrected chi connectivity index (χ4v) is 2.13. The van der Waals surface area contributed by atoms with Crippen molar-refractivity contribution in [2.45, 2.75) is 46.5 Å². The molecule has 0 atom stereocenters. The molecule has 0 fully saturated rings. The molecule has 0 amide bonds. The monoisotopic (exact) mass is 183 g/mol. The summed E-state index contributed by atoms with van der Waals surface area (Å²) in [6, 6.07) is 0. The molecule has 0 saturated heterocycles. The van der Waals surface area contributed by atoms with Crippen molar-refractivity contribution in [1.29, 1.82) is 0 Å².